The van der Waals surface area contributed by atoms with Gasteiger partial charge in [0, 0.05) is 25.2 Å². The highest BCUT2D eigenvalue weighted by molar-refractivity contribution is 7.80. The highest BCUT2D eigenvalue weighted by atomic mass is 32.1. The minimum atomic E-state index is 0.476. The first-order valence-corrected chi connectivity index (χ1v) is 6.17. The number of nitrogens with one attached hydrogen (secondary N) is 1. The van der Waals surface area contributed by atoms with Crippen LogP contribution < -0.4 is 5.32 Å². The van der Waals surface area contributed by atoms with Crippen LogP contribution in [0.25, 0.3) is 0 Å². The van der Waals surface area contributed by atoms with Crippen molar-refractivity contribution >= 4 is 17.3 Å². The van der Waals surface area contributed by atoms with Crippen molar-refractivity contribution in [2.24, 2.45) is 0 Å². The molecule has 0 aromatic heterocycles. The summed E-state index contributed by atoms with van der Waals surface area (Å²) >= 11 is 5.42. The second-order valence-corrected chi connectivity index (χ2v) is 5.01. The first-order chi connectivity index (χ1) is 7.04. The fraction of sp³-hybridized carbons (Fsp3) is 0.909. The fourth-order valence-electron chi connectivity index (χ4n) is 1.77. The Bertz CT molecular complexity index is 214. The third-order valence-corrected chi connectivity index (χ3v) is 3.02. The Labute approximate surface area is 98.8 Å². The smallest absolute Gasteiger partial charge is 0.169 e. The molecule has 0 radical (unpaired) electrons. The highest BCUT2D eigenvalue weighted by Crippen LogP contribution is 2.19. The number of hydrogen-bond acceptors (Lipinski definition) is 2. The summed E-state index contributed by atoms with van der Waals surface area (Å²) in [6.45, 7) is 6.41. The quantitative estimate of drug-likeness (QED) is 0.716. The molecule has 1 rings (SSSR count). The van der Waals surface area contributed by atoms with Crippen LogP contribution in [0, 0.1) is 0 Å². The number of thiocarbonyl (C=S) groups is 1. The normalized spacial score (nSPS) is 17.7. The van der Waals surface area contributed by atoms with Crippen molar-refractivity contribution in [3.8, 4) is 0 Å². The molecule has 0 bridgehead atoms. The predicted octanol–water partition coefficient (Wildman–Crippen LogP) is 1.30. The van der Waals surface area contributed by atoms with Gasteiger partial charge in [0.05, 0.1) is 0 Å². The van der Waals surface area contributed by atoms with Crippen LogP contribution in [0.4, 0.5) is 0 Å². The van der Waals surface area contributed by atoms with E-state index in [1.54, 1.807) is 0 Å². The molecule has 1 aliphatic carbocycles. The average molecular weight is 229 g/mol. The molecule has 0 spiro atoms. The molecular formula is C11H23N3S. The monoisotopic (exact) mass is 229 g/mol. The maximum atomic E-state index is 5.42. The van der Waals surface area contributed by atoms with E-state index >= 15 is 0 Å². The standard InChI is InChI=1S/C11H23N3S/c1-5-14(9(2)8-13(3)4)11(15)12-10-6-7-10/h9-10H,5-8H2,1-4H3,(H,12,15). The van der Waals surface area contributed by atoms with Gasteiger partial charge in [-0.05, 0) is 53.0 Å². The number of rotatable bonds is 5. The molecule has 0 aliphatic heterocycles. The molecule has 3 nitrogen and oxygen atoms in total. The Hall–Kier alpha value is -0.350. The second kappa shape index (κ2) is 5.66. The Morgan fingerprint density at radius 1 is 1.47 bits per heavy atom. The zero-order valence-electron chi connectivity index (χ0n) is 10.3. The lowest BCUT2D eigenvalue weighted by atomic mass is 10.3. The lowest BCUT2D eigenvalue weighted by Crippen LogP contribution is -2.48. The summed E-state index contributed by atoms with van der Waals surface area (Å²) in [5.74, 6) is 0. The summed E-state index contributed by atoms with van der Waals surface area (Å²) in [4.78, 5) is 4.47. The van der Waals surface area contributed by atoms with E-state index in [1.165, 1.54) is 12.8 Å². The van der Waals surface area contributed by atoms with Crippen LogP contribution in [0.5, 0.6) is 0 Å². The van der Waals surface area contributed by atoms with E-state index in [0.29, 0.717) is 12.1 Å². The maximum Gasteiger partial charge on any atom is 0.169 e. The molecule has 0 saturated heterocycles. The molecule has 88 valence electrons. The third kappa shape index (κ3) is 4.34. The Morgan fingerprint density at radius 3 is 2.47 bits per heavy atom. The first kappa shape index (κ1) is 12.7. The van der Waals surface area contributed by atoms with Gasteiger partial charge in [-0.15, -0.1) is 0 Å². The van der Waals surface area contributed by atoms with Gasteiger partial charge in [0.1, 0.15) is 0 Å². The maximum absolute atomic E-state index is 5.42. The molecule has 1 unspecified atom stereocenters. The fourth-order valence-corrected chi connectivity index (χ4v) is 2.24. The molecule has 0 amide bonds. The van der Waals surface area contributed by atoms with Crippen molar-refractivity contribution in [1.29, 1.82) is 0 Å². The van der Waals surface area contributed by atoms with Crippen molar-refractivity contribution in [2.45, 2.75) is 38.8 Å². The molecule has 4 heteroatoms. The van der Waals surface area contributed by atoms with Crippen LogP contribution in [-0.4, -0.2) is 54.2 Å². The molecule has 1 atom stereocenters. The average Bonchev–Trinajstić information content (AvgIpc) is 2.87. The van der Waals surface area contributed by atoms with Crippen molar-refractivity contribution in [2.75, 3.05) is 27.2 Å². The van der Waals surface area contributed by atoms with Crippen molar-refractivity contribution in [1.82, 2.24) is 15.1 Å². The van der Waals surface area contributed by atoms with Gasteiger partial charge in [-0.3, -0.25) is 0 Å². The highest BCUT2D eigenvalue weighted by Gasteiger charge is 2.25. The van der Waals surface area contributed by atoms with Crippen LogP contribution >= 0.6 is 12.2 Å². The molecule has 0 heterocycles. The summed E-state index contributed by atoms with van der Waals surface area (Å²) in [7, 11) is 4.20. The van der Waals surface area contributed by atoms with Gasteiger partial charge in [0.2, 0.25) is 0 Å². The lowest BCUT2D eigenvalue weighted by molar-refractivity contribution is 0.261. The molecule has 1 N–H and O–H groups in total. The van der Waals surface area contributed by atoms with E-state index in [4.69, 9.17) is 12.2 Å². The Balaban J connectivity index is 2.40. The van der Waals surface area contributed by atoms with E-state index in [-0.39, 0.29) is 0 Å². The van der Waals surface area contributed by atoms with Crippen molar-refractivity contribution in [3.05, 3.63) is 0 Å². The van der Waals surface area contributed by atoms with E-state index in [0.717, 1.165) is 18.2 Å². The van der Waals surface area contributed by atoms with Crippen molar-refractivity contribution < 1.29 is 0 Å². The molecule has 1 saturated carbocycles. The van der Waals surface area contributed by atoms with Crippen LogP contribution in [0.3, 0.4) is 0 Å². The number of likely N-dealkylation sites (N-methyl/N-ethyl adjacent to an activating group) is 2. The largest absolute Gasteiger partial charge is 0.360 e. The Morgan fingerprint density at radius 2 is 2.07 bits per heavy atom. The minimum absolute atomic E-state index is 0.476. The minimum Gasteiger partial charge on any atom is -0.360 e. The number of hydrogen-bond donors (Lipinski definition) is 1. The van der Waals surface area contributed by atoms with Gasteiger partial charge in [0.15, 0.2) is 5.11 Å². The lowest BCUT2D eigenvalue weighted by Gasteiger charge is -2.32. The zero-order chi connectivity index (χ0) is 11.4. The third-order valence-electron chi connectivity index (χ3n) is 2.67. The molecular weight excluding hydrogens is 206 g/mol. The zero-order valence-corrected chi connectivity index (χ0v) is 11.1. The van der Waals surface area contributed by atoms with Gasteiger partial charge >= 0.3 is 0 Å². The van der Waals surface area contributed by atoms with Crippen molar-refractivity contribution in [3.63, 3.8) is 0 Å². The van der Waals surface area contributed by atoms with Gasteiger partial charge in [-0.1, -0.05) is 0 Å². The van der Waals surface area contributed by atoms with Crippen LogP contribution in [0.15, 0.2) is 0 Å². The van der Waals surface area contributed by atoms with Gasteiger partial charge in [-0.25, -0.2) is 0 Å². The molecule has 0 aromatic rings. The first-order valence-electron chi connectivity index (χ1n) is 5.76. The van der Waals surface area contributed by atoms with E-state index in [2.05, 4.69) is 43.1 Å². The van der Waals surface area contributed by atoms with E-state index < -0.39 is 0 Å². The molecule has 0 aromatic carbocycles. The van der Waals surface area contributed by atoms with E-state index in [9.17, 15) is 0 Å². The Kier molecular flexibility index (Phi) is 4.80. The summed E-state index contributed by atoms with van der Waals surface area (Å²) < 4.78 is 0. The summed E-state index contributed by atoms with van der Waals surface area (Å²) in [6, 6.07) is 1.13. The molecule has 1 fully saturated rings. The summed E-state index contributed by atoms with van der Waals surface area (Å²) in [5, 5.41) is 4.32. The predicted molar refractivity (Wildman–Crippen MR) is 69.2 cm³/mol. The van der Waals surface area contributed by atoms with Crippen LogP contribution in [-0.2, 0) is 0 Å². The van der Waals surface area contributed by atoms with Gasteiger partial charge in [0.25, 0.3) is 0 Å². The van der Waals surface area contributed by atoms with Gasteiger partial charge < -0.3 is 15.1 Å². The van der Waals surface area contributed by atoms with Crippen LogP contribution in [0.2, 0.25) is 0 Å². The molecule has 1 aliphatic rings. The van der Waals surface area contributed by atoms with Gasteiger partial charge in [-0.2, -0.15) is 0 Å². The van der Waals surface area contributed by atoms with E-state index in [1.807, 2.05) is 0 Å². The molecule has 15 heavy (non-hydrogen) atoms. The summed E-state index contributed by atoms with van der Waals surface area (Å²) in [6.07, 6.45) is 2.56. The SMILES string of the molecule is CCN(C(=S)NC1CC1)C(C)CN(C)C. The van der Waals surface area contributed by atoms with Crippen LogP contribution in [0.1, 0.15) is 26.7 Å². The number of nitrogens with zero attached hydrogens (tertiary/aromatic N) is 2. The topological polar surface area (TPSA) is 18.5 Å². The summed E-state index contributed by atoms with van der Waals surface area (Å²) in [5.41, 5.74) is 0. The second-order valence-electron chi connectivity index (χ2n) is 4.62.